The summed E-state index contributed by atoms with van der Waals surface area (Å²) >= 11 is 1.30. The SMILES string of the molecule is CC(C)(C)OC(=O)NC(Cc1ccc(N)s1)C(=O)O. The molecule has 0 radical (unpaired) electrons. The minimum Gasteiger partial charge on any atom is -0.480 e. The van der Waals surface area contributed by atoms with Crippen LogP contribution in [0.2, 0.25) is 0 Å². The molecule has 19 heavy (non-hydrogen) atoms. The Hall–Kier alpha value is -1.76. The van der Waals surface area contributed by atoms with Gasteiger partial charge in [-0.3, -0.25) is 0 Å². The van der Waals surface area contributed by atoms with Crippen molar-refractivity contribution in [2.45, 2.75) is 38.8 Å². The molecule has 1 aromatic heterocycles. The number of ether oxygens (including phenoxy) is 1. The van der Waals surface area contributed by atoms with E-state index in [1.807, 2.05) is 0 Å². The predicted octanol–water partition coefficient (Wildman–Crippen LogP) is 1.85. The highest BCUT2D eigenvalue weighted by molar-refractivity contribution is 7.15. The summed E-state index contributed by atoms with van der Waals surface area (Å²) in [6, 6.07) is 2.41. The second kappa shape index (κ2) is 5.92. The van der Waals surface area contributed by atoms with E-state index in [0.717, 1.165) is 4.88 Å². The van der Waals surface area contributed by atoms with Gasteiger partial charge in [0.2, 0.25) is 0 Å². The van der Waals surface area contributed by atoms with Gasteiger partial charge < -0.3 is 20.9 Å². The van der Waals surface area contributed by atoms with E-state index in [1.165, 1.54) is 11.3 Å². The third-order valence-corrected chi connectivity index (χ3v) is 3.01. The standard InChI is InChI=1S/C12H18N2O4S/c1-12(2,3)18-11(17)14-8(10(15)16)6-7-4-5-9(13)19-7/h4-5,8H,6,13H2,1-3H3,(H,14,17)(H,15,16). The molecule has 1 amide bonds. The minimum atomic E-state index is -1.11. The number of nitrogens with two attached hydrogens (primary N) is 1. The fraction of sp³-hybridized carbons (Fsp3) is 0.500. The lowest BCUT2D eigenvalue weighted by atomic mass is 10.2. The summed E-state index contributed by atoms with van der Waals surface area (Å²) in [4.78, 5) is 23.5. The van der Waals surface area contributed by atoms with Crippen molar-refractivity contribution in [3.63, 3.8) is 0 Å². The summed E-state index contributed by atoms with van der Waals surface area (Å²) < 4.78 is 5.03. The third kappa shape index (κ3) is 5.60. The van der Waals surface area contributed by atoms with Gasteiger partial charge in [0.1, 0.15) is 11.6 Å². The molecule has 0 aliphatic carbocycles. The van der Waals surface area contributed by atoms with Crippen LogP contribution in [0.3, 0.4) is 0 Å². The van der Waals surface area contributed by atoms with Crippen LogP contribution in [0.4, 0.5) is 9.80 Å². The van der Waals surface area contributed by atoms with E-state index in [4.69, 9.17) is 15.6 Å². The maximum absolute atomic E-state index is 11.6. The van der Waals surface area contributed by atoms with Gasteiger partial charge in [0.05, 0.1) is 5.00 Å². The molecule has 0 aromatic carbocycles. The summed E-state index contributed by atoms with van der Waals surface area (Å²) in [5, 5.41) is 12.0. The number of carbonyl (C=O) groups excluding carboxylic acids is 1. The molecule has 0 spiro atoms. The van der Waals surface area contributed by atoms with Crippen LogP contribution in [0, 0.1) is 0 Å². The second-order valence-corrected chi connectivity index (χ2v) is 6.25. The molecule has 0 aliphatic heterocycles. The summed E-state index contributed by atoms with van der Waals surface area (Å²) in [6.45, 7) is 5.13. The monoisotopic (exact) mass is 286 g/mol. The highest BCUT2D eigenvalue weighted by Crippen LogP contribution is 2.19. The molecule has 1 heterocycles. The summed E-state index contributed by atoms with van der Waals surface area (Å²) in [5.74, 6) is -1.11. The molecule has 0 aliphatic rings. The highest BCUT2D eigenvalue weighted by Gasteiger charge is 2.24. The first-order valence-electron chi connectivity index (χ1n) is 5.74. The minimum absolute atomic E-state index is 0.177. The van der Waals surface area contributed by atoms with Crippen LogP contribution < -0.4 is 11.1 Å². The molecule has 1 unspecified atom stereocenters. The van der Waals surface area contributed by atoms with Gasteiger partial charge in [-0.25, -0.2) is 9.59 Å². The number of alkyl carbamates (subject to hydrolysis) is 1. The van der Waals surface area contributed by atoms with Crippen LogP contribution in [-0.4, -0.2) is 28.8 Å². The van der Waals surface area contributed by atoms with E-state index in [-0.39, 0.29) is 6.42 Å². The number of nitrogen functional groups attached to an aromatic ring is 1. The van der Waals surface area contributed by atoms with E-state index in [9.17, 15) is 9.59 Å². The number of anilines is 1. The smallest absolute Gasteiger partial charge is 0.408 e. The Morgan fingerprint density at radius 3 is 2.53 bits per heavy atom. The largest absolute Gasteiger partial charge is 0.480 e. The van der Waals surface area contributed by atoms with Crippen LogP contribution in [0.25, 0.3) is 0 Å². The van der Waals surface area contributed by atoms with E-state index in [1.54, 1.807) is 32.9 Å². The van der Waals surface area contributed by atoms with Crippen LogP contribution in [0.15, 0.2) is 12.1 Å². The molecule has 0 bridgehead atoms. The number of carboxylic acids is 1. The van der Waals surface area contributed by atoms with Gasteiger partial charge in [-0.05, 0) is 32.9 Å². The number of carboxylic acid groups (broad SMARTS) is 1. The molecule has 1 aromatic rings. The maximum Gasteiger partial charge on any atom is 0.408 e. The third-order valence-electron chi connectivity index (χ3n) is 2.08. The van der Waals surface area contributed by atoms with Crippen LogP contribution in [0.1, 0.15) is 25.6 Å². The first-order chi connectivity index (χ1) is 8.67. The van der Waals surface area contributed by atoms with Crippen molar-refractivity contribution < 1.29 is 19.4 Å². The van der Waals surface area contributed by atoms with Crippen molar-refractivity contribution in [1.82, 2.24) is 5.32 Å². The quantitative estimate of drug-likeness (QED) is 0.784. The number of hydrogen-bond donors (Lipinski definition) is 3. The van der Waals surface area contributed by atoms with E-state index in [2.05, 4.69) is 5.32 Å². The number of thiophene rings is 1. The Balaban J connectivity index is 2.63. The molecule has 0 saturated heterocycles. The van der Waals surface area contributed by atoms with E-state index in [0.29, 0.717) is 5.00 Å². The van der Waals surface area contributed by atoms with E-state index < -0.39 is 23.7 Å². The molecule has 1 atom stereocenters. The van der Waals surface area contributed by atoms with Gasteiger partial charge in [0.15, 0.2) is 0 Å². The van der Waals surface area contributed by atoms with Crippen molar-refractivity contribution in [2.24, 2.45) is 0 Å². The Bertz CT molecular complexity index is 465. The number of nitrogens with one attached hydrogen (secondary N) is 1. The Labute approximate surface area is 115 Å². The molecular weight excluding hydrogens is 268 g/mol. The second-order valence-electron chi connectivity index (χ2n) is 5.05. The zero-order valence-corrected chi connectivity index (χ0v) is 11.9. The molecule has 6 nitrogen and oxygen atoms in total. The van der Waals surface area contributed by atoms with Gasteiger partial charge in [-0.15, -0.1) is 11.3 Å². The average molecular weight is 286 g/mol. The fourth-order valence-corrected chi connectivity index (χ4v) is 2.18. The first-order valence-corrected chi connectivity index (χ1v) is 6.55. The zero-order valence-electron chi connectivity index (χ0n) is 11.1. The maximum atomic E-state index is 11.6. The van der Waals surface area contributed by atoms with E-state index >= 15 is 0 Å². The lowest BCUT2D eigenvalue weighted by Crippen LogP contribution is -2.44. The predicted molar refractivity (Wildman–Crippen MR) is 73.2 cm³/mol. The zero-order chi connectivity index (χ0) is 14.6. The molecular formula is C12H18N2O4S. The van der Waals surface area contributed by atoms with Gasteiger partial charge in [-0.1, -0.05) is 0 Å². The van der Waals surface area contributed by atoms with Crippen LogP contribution in [0.5, 0.6) is 0 Å². The van der Waals surface area contributed by atoms with Gasteiger partial charge in [0, 0.05) is 11.3 Å². The van der Waals surface area contributed by atoms with Crippen LogP contribution in [-0.2, 0) is 16.0 Å². The van der Waals surface area contributed by atoms with Gasteiger partial charge >= 0.3 is 12.1 Å². The number of rotatable bonds is 4. The highest BCUT2D eigenvalue weighted by atomic mass is 32.1. The summed E-state index contributed by atoms with van der Waals surface area (Å²) in [7, 11) is 0. The topological polar surface area (TPSA) is 102 Å². The Morgan fingerprint density at radius 2 is 2.11 bits per heavy atom. The lowest BCUT2D eigenvalue weighted by molar-refractivity contribution is -0.139. The van der Waals surface area contributed by atoms with Crippen molar-refractivity contribution in [2.75, 3.05) is 5.73 Å². The summed E-state index contributed by atoms with van der Waals surface area (Å²) in [6.07, 6.45) is -0.569. The molecule has 1 rings (SSSR count). The van der Waals surface area contributed by atoms with Crippen molar-refractivity contribution in [3.05, 3.63) is 17.0 Å². The van der Waals surface area contributed by atoms with Gasteiger partial charge in [0.25, 0.3) is 0 Å². The lowest BCUT2D eigenvalue weighted by Gasteiger charge is -2.21. The Kier molecular flexibility index (Phi) is 4.77. The molecule has 106 valence electrons. The summed E-state index contributed by atoms with van der Waals surface area (Å²) in [5.41, 5.74) is 4.91. The number of hydrogen-bond acceptors (Lipinski definition) is 5. The number of carbonyl (C=O) groups is 2. The Morgan fingerprint density at radius 1 is 1.47 bits per heavy atom. The normalized spacial score (nSPS) is 12.8. The van der Waals surface area contributed by atoms with Crippen molar-refractivity contribution >= 4 is 28.4 Å². The number of aliphatic carboxylic acids is 1. The molecule has 0 saturated carbocycles. The van der Waals surface area contributed by atoms with Crippen molar-refractivity contribution in [3.8, 4) is 0 Å². The molecule has 4 N–H and O–H groups in total. The average Bonchev–Trinajstić information content (AvgIpc) is 2.60. The first kappa shape index (κ1) is 15.3. The molecule has 7 heteroatoms. The molecule has 0 fully saturated rings. The van der Waals surface area contributed by atoms with Crippen molar-refractivity contribution in [1.29, 1.82) is 0 Å². The fourth-order valence-electron chi connectivity index (χ4n) is 1.36. The van der Waals surface area contributed by atoms with Gasteiger partial charge in [-0.2, -0.15) is 0 Å². The number of amides is 1. The van der Waals surface area contributed by atoms with Crippen LogP contribution >= 0.6 is 11.3 Å².